The van der Waals surface area contributed by atoms with Crippen LogP contribution in [0.25, 0.3) is 22.6 Å². The summed E-state index contributed by atoms with van der Waals surface area (Å²) in [6, 6.07) is 7.62. The van der Waals surface area contributed by atoms with Gasteiger partial charge in [-0.3, -0.25) is 9.69 Å². The number of benzene rings is 1. The summed E-state index contributed by atoms with van der Waals surface area (Å²) in [5, 5.41) is 0.265. The summed E-state index contributed by atoms with van der Waals surface area (Å²) in [5.74, 6) is 0.772. The predicted octanol–water partition coefficient (Wildman–Crippen LogP) is 3.54. The van der Waals surface area contributed by atoms with Crippen LogP contribution < -0.4 is 5.43 Å². The molecule has 0 saturated heterocycles. The molecule has 28 heavy (non-hydrogen) atoms. The molecule has 0 aliphatic carbocycles. The Morgan fingerprint density at radius 1 is 1.21 bits per heavy atom. The molecule has 1 aliphatic heterocycles. The molecule has 7 heteroatoms. The summed E-state index contributed by atoms with van der Waals surface area (Å²) in [7, 11) is 0. The number of rotatable bonds is 3. The summed E-state index contributed by atoms with van der Waals surface area (Å²) in [6.07, 6.45) is 5.62. The van der Waals surface area contributed by atoms with E-state index in [0.29, 0.717) is 35.8 Å². The molecule has 0 atom stereocenters. The fourth-order valence-corrected chi connectivity index (χ4v) is 3.53. The van der Waals surface area contributed by atoms with Crippen molar-refractivity contribution < 1.29 is 13.2 Å². The molecule has 6 nitrogen and oxygen atoms in total. The molecular formula is C21H16FN3O3. The van der Waals surface area contributed by atoms with Gasteiger partial charge in [0, 0.05) is 43.4 Å². The largest absolute Gasteiger partial charge is 0.464 e. The van der Waals surface area contributed by atoms with Crippen molar-refractivity contribution in [2.75, 3.05) is 6.54 Å². The summed E-state index contributed by atoms with van der Waals surface area (Å²) in [5.41, 5.74) is 2.71. The third-order valence-corrected chi connectivity index (χ3v) is 4.95. The Labute approximate surface area is 159 Å². The Balaban J connectivity index is 1.39. The number of furan rings is 1. The average molecular weight is 377 g/mol. The van der Waals surface area contributed by atoms with E-state index in [0.717, 1.165) is 24.2 Å². The number of nitrogens with zero attached hydrogens (tertiary/aromatic N) is 3. The highest BCUT2D eigenvalue weighted by atomic mass is 19.1. The second kappa shape index (κ2) is 6.69. The van der Waals surface area contributed by atoms with Gasteiger partial charge in [-0.25, -0.2) is 14.4 Å². The fraction of sp³-hybridized carbons (Fsp3) is 0.190. The minimum Gasteiger partial charge on any atom is -0.464 e. The van der Waals surface area contributed by atoms with Crippen molar-refractivity contribution in [1.29, 1.82) is 0 Å². The van der Waals surface area contributed by atoms with Gasteiger partial charge in [0.05, 0.1) is 23.6 Å². The lowest BCUT2D eigenvalue weighted by atomic mass is 10.1. The Morgan fingerprint density at radius 3 is 3.00 bits per heavy atom. The topological polar surface area (TPSA) is 72.4 Å². The summed E-state index contributed by atoms with van der Waals surface area (Å²) < 4.78 is 24.4. The van der Waals surface area contributed by atoms with E-state index in [1.165, 1.54) is 24.5 Å². The summed E-state index contributed by atoms with van der Waals surface area (Å²) in [6.45, 7) is 1.81. The molecule has 1 aromatic carbocycles. The van der Waals surface area contributed by atoms with Crippen LogP contribution in [-0.4, -0.2) is 21.4 Å². The Kier molecular flexibility index (Phi) is 4.02. The lowest BCUT2D eigenvalue weighted by molar-refractivity contribution is 0.240. The predicted molar refractivity (Wildman–Crippen MR) is 100.0 cm³/mol. The molecule has 140 valence electrons. The van der Waals surface area contributed by atoms with Crippen LogP contribution in [0.15, 0.2) is 62.7 Å². The number of hydrogen-bond acceptors (Lipinski definition) is 6. The van der Waals surface area contributed by atoms with E-state index in [1.807, 2.05) is 12.3 Å². The second-order valence-corrected chi connectivity index (χ2v) is 6.83. The van der Waals surface area contributed by atoms with Gasteiger partial charge in [-0.2, -0.15) is 0 Å². The van der Waals surface area contributed by atoms with Crippen LogP contribution in [-0.2, 0) is 19.5 Å². The molecule has 0 saturated carbocycles. The number of fused-ring (bicyclic) bond motifs is 2. The molecule has 0 fully saturated rings. The Hall–Kier alpha value is -3.32. The van der Waals surface area contributed by atoms with E-state index in [4.69, 9.17) is 8.83 Å². The lowest BCUT2D eigenvalue weighted by Crippen LogP contribution is -2.32. The van der Waals surface area contributed by atoms with Gasteiger partial charge >= 0.3 is 0 Å². The van der Waals surface area contributed by atoms with Crippen LogP contribution in [0.1, 0.15) is 16.8 Å². The van der Waals surface area contributed by atoms with Crippen LogP contribution >= 0.6 is 0 Å². The Bertz CT molecular complexity index is 1220. The van der Waals surface area contributed by atoms with Crippen LogP contribution in [0.2, 0.25) is 0 Å². The number of aromatic nitrogens is 2. The smallest absolute Gasteiger partial charge is 0.197 e. The zero-order chi connectivity index (χ0) is 19.1. The molecular weight excluding hydrogens is 361 g/mol. The SMILES string of the molecule is O=c1c(CN2CCc3nc(-c4ccco4)ncc3C2)coc2ccc(F)cc12. The maximum absolute atomic E-state index is 13.5. The summed E-state index contributed by atoms with van der Waals surface area (Å²) >= 11 is 0. The number of halogens is 1. The molecule has 4 heterocycles. The Morgan fingerprint density at radius 2 is 2.14 bits per heavy atom. The first kappa shape index (κ1) is 16.8. The molecule has 0 amide bonds. The molecule has 1 aliphatic rings. The molecule has 0 bridgehead atoms. The lowest BCUT2D eigenvalue weighted by Gasteiger charge is -2.27. The average Bonchev–Trinajstić information content (AvgIpc) is 3.25. The standard InChI is InChI=1S/C21H16FN3O3/c22-15-3-4-18-16(8-15)20(26)14(12-28-18)11-25-6-5-17-13(10-25)9-23-21(24-17)19-2-1-7-27-19/h1-4,7-9,12H,5-6,10-11H2. The zero-order valence-corrected chi connectivity index (χ0v) is 14.9. The second-order valence-electron chi connectivity index (χ2n) is 6.83. The van der Waals surface area contributed by atoms with E-state index < -0.39 is 5.82 Å². The van der Waals surface area contributed by atoms with Crippen molar-refractivity contribution in [3.05, 3.63) is 81.9 Å². The molecule has 5 rings (SSSR count). The van der Waals surface area contributed by atoms with Crippen molar-refractivity contribution in [2.45, 2.75) is 19.5 Å². The highest BCUT2D eigenvalue weighted by Gasteiger charge is 2.21. The number of hydrogen-bond donors (Lipinski definition) is 0. The maximum atomic E-state index is 13.5. The van der Waals surface area contributed by atoms with Crippen LogP contribution in [0.5, 0.6) is 0 Å². The van der Waals surface area contributed by atoms with Crippen LogP contribution in [0.4, 0.5) is 4.39 Å². The first-order valence-corrected chi connectivity index (χ1v) is 8.98. The van der Waals surface area contributed by atoms with E-state index >= 15 is 0 Å². The van der Waals surface area contributed by atoms with Gasteiger partial charge in [0.25, 0.3) is 0 Å². The third kappa shape index (κ3) is 2.99. The molecule has 3 aromatic heterocycles. The van der Waals surface area contributed by atoms with Gasteiger partial charge in [0.15, 0.2) is 17.0 Å². The van der Waals surface area contributed by atoms with Gasteiger partial charge in [-0.1, -0.05) is 0 Å². The highest BCUT2D eigenvalue weighted by molar-refractivity contribution is 5.76. The fourth-order valence-electron chi connectivity index (χ4n) is 3.53. The van der Waals surface area contributed by atoms with E-state index in [9.17, 15) is 9.18 Å². The molecule has 0 spiro atoms. The van der Waals surface area contributed by atoms with Crippen molar-refractivity contribution in [3.63, 3.8) is 0 Å². The van der Waals surface area contributed by atoms with E-state index in [2.05, 4.69) is 14.9 Å². The minimum atomic E-state index is -0.451. The maximum Gasteiger partial charge on any atom is 0.197 e. The van der Waals surface area contributed by atoms with Gasteiger partial charge in [0.2, 0.25) is 0 Å². The van der Waals surface area contributed by atoms with Crippen LogP contribution in [0, 0.1) is 5.82 Å². The normalized spacial score (nSPS) is 14.3. The molecule has 0 unspecified atom stereocenters. The first-order valence-electron chi connectivity index (χ1n) is 8.98. The van der Waals surface area contributed by atoms with Gasteiger partial charge in [0.1, 0.15) is 11.4 Å². The zero-order valence-electron chi connectivity index (χ0n) is 14.9. The quantitative estimate of drug-likeness (QED) is 0.544. The van der Waals surface area contributed by atoms with Gasteiger partial charge < -0.3 is 8.83 Å². The molecule has 4 aromatic rings. The first-order chi connectivity index (χ1) is 13.7. The van der Waals surface area contributed by atoms with Crippen molar-refractivity contribution in [3.8, 4) is 11.6 Å². The third-order valence-electron chi connectivity index (χ3n) is 4.95. The van der Waals surface area contributed by atoms with Gasteiger partial charge in [-0.05, 0) is 30.3 Å². The molecule has 0 N–H and O–H groups in total. The molecule has 0 radical (unpaired) electrons. The summed E-state index contributed by atoms with van der Waals surface area (Å²) in [4.78, 5) is 23.8. The van der Waals surface area contributed by atoms with Crippen LogP contribution in [0.3, 0.4) is 0 Å². The van der Waals surface area contributed by atoms with Gasteiger partial charge in [-0.15, -0.1) is 0 Å². The monoisotopic (exact) mass is 377 g/mol. The van der Waals surface area contributed by atoms with Crippen molar-refractivity contribution in [1.82, 2.24) is 14.9 Å². The highest BCUT2D eigenvalue weighted by Crippen LogP contribution is 2.22. The van der Waals surface area contributed by atoms with Crippen molar-refractivity contribution >= 4 is 11.0 Å². The van der Waals surface area contributed by atoms with Crippen molar-refractivity contribution in [2.24, 2.45) is 0 Å². The van der Waals surface area contributed by atoms with E-state index in [-0.39, 0.29) is 10.8 Å². The van der Waals surface area contributed by atoms with E-state index in [1.54, 1.807) is 12.3 Å². The minimum absolute atomic E-state index is 0.198.